The fraction of sp³-hybridized carbons (Fsp3) is 0.250. The molecule has 134 valence electrons. The van der Waals surface area contributed by atoms with Gasteiger partial charge in [-0.3, -0.25) is 19.3 Å². The van der Waals surface area contributed by atoms with Gasteiger partial charge in [-0.15, -0.1) is 0 Å². The van der Waals surface area contributed by atoms with E-state index in [9.17, 15) is 14.4 Å². The first-order chi connectivity index (χ1) is 12.5. The highest BCUT2D eigenvalue weighted by Crippen LogP contribution is 2.23. The van der Waals surface area contributed by atoms with Crippen molar-refractivity contribution in [2.24, 2.45) is 0 Å². The number of ether oxygens (including phenoxy) is 1. The zero-order valence-corrected chi connectivity index (χ0v) is 14.8. The van der Waals surface area contributed by atoms with E-state index in [2.05, 4.69) is 0 Å². The van der Waals surface area contributed by atoms with Crippen molar-refractivity contribution in [3.63, 3.8) is 0 Å². The van der Waals surface area contributed by atoms with Crippen LogP contribution in [0.3, 0.4) is 0 Å². The number of fused-ring (bicyclic) bond motifs is 1. The van der Waals surface area contributed by atoms with E-state index in [0.29, 0.717) is 23.4 Å². The minimum absolute atomic E-state index is 0.0709. The first-order valence-corrected chi connectivity index (χ1v) is 8.34. The number of imide groups is 1. The lowest BCUT2D eigenvalue weighted by Crippen LogP contribution is -2.35. The molecular weight excluding hydrogens is 332 g/mol. The summed E-state index contributed by atoms with van der Waals surface area (Å²) in [6.45, 7) is 0.465. The molecule has 0 saturated heterocycles. The number of para-hydroxylation sites is 1. The van der Waals surface area contributed by atoms with E-state index in [4.69, 9.17) is 4.74 Å². The standard InChI is InChI=1S/C20H20N2O4/c1-21(13-14-7-3-6-10-17(14)26-2)18(23)11-12-22-19(24)15-8-4-5-9-16(15)20(22)25/h3-10H,11-13H2,1-2H3. The summed E-state index contributed by atoms with van der Waals surface area (Å²) < 4.78 is 5.30. The molecule has 0 spiro atoms. The number of methoxy groups -OCH3 is 1. The molecule has 3 amide bonds. The lowest BCUT2D eigenvalue weighted by Gasteiger charge is -2.20. The highest BCUT2D eigenvalue weighted by Gasteiger charge is 2.35. The second-order valence-corrected chi connectivity index (χ2v) is 6.12. The predicted molar refractivity (Wildman–Crippen MR) is 95.9 cm³/mol. The molecule has 0 aliphatic carbocycles. The first-order valence-electron chi connectivity index (χ1n) is 8.34. The molecule has 1 aliphatic rings. The summed E-state index contributed by atoms with van der Waals surface area (Å²) in [5.41, 5.74) is 1.69. The molecule has 1 aliphatic heterocycles. The molecule has 0 aromatic heterocycles. The van der Waals surface area contributed by atoms with Crippen LogP contribution in [-0.4, -0.2) is 48.2 Å². The molecule has 0 fully saturated rings. The fourth-order valence-corrected chi connectivity index (χ4v) is 3.02. The number of carbonyl (C=O) groups is 3. The highest BCUT2D eigenvalue weighted by atomic mass is 16.5. The molecular formula is C20H20N2O4. The van der Waals surface area contributed by atoms with Gasteiger partial charge in [0.05, 0.1) is 18.2 Å². The van der Waals surface area contributed by atoms with Crippen LogP contribution in [0.4, 0.5) is 0 Å². The zero-order chi connectivity index (χ0) is 18.7. The molecule has 0 atom stereocenters. The van der Waals surface area contributed by atoms with E-state index in [1.54, 1.807) is 43.3 Å². The Bertz CT molecular complexity index is 827. The maximum atomic E-state index is 12.4. The van der Waals surface area contributed by atoms with Crippen LogP contribution in [0.15, 0.2) is 48.5 Å². The molecule has 2 aromatic carbocycles. The van der Waals surface area contributed by atoms with Crippen LogP contribution in [0.5, 0.6) is 5.75 Å². The van der Waals surface area contributed by atoms with Gasteiger partial charge in [0.15, 0.2) is 0 Å². The van der Waals surface area contributed by atoms with Gasteiger partial charge in [0.2, 0.25) is 5.91 Å². The van der Waals surface area contributed by atoms with Crippen molar-refractivity contribution in [3.8, 4) is 5.75 Å². The van der Waals surface area contributed by atoms with E-state index in [0.717, 1.165) is 10.5 Å². The first kappa shape index (κ1) is 17.7. The second kappa shape index (κ2) is 7.39. The average Bonchev–Trinajstić information content (AvgIpc) is 2.91. The Morgan fingerprint density at radius 2 is 1.58 bits per heavy atom. The predicted octanol–water partition coefficient (Wildman–Crippen LogP) is 2.34. The Hall–Kier alpha value is -3.15. The minimum Gasteiger partial charge on any atom is -0.496 e. The third-order valence-electron chi connectivity index (χ3n) is 4.45. The van der Waals surface area contributed by atoms with Crippen LogP contribution >= 0.6 is 0 Å². The lowest BCUT2D eigenvalue weighted by atomic mass is 10.1. The summed E-state index contributed by atoms with van der Waals surface area (Å²) in [6.07, 6.45) is 0.0805. The Kier molecular flexibility index (Phi) is 5.02. The molecule has 0 N–H and O–H groups in total. The van der Waals surface area contributed by atoms with Crippen molar-refractivity contribution >= 4 is 17.7 Å². The minimum atomic E-state index is -0.342. The van der Waals surface area contributed by atoms with Gasteiger partial charge in [0.25, 0.3) is 11.8 Å². The SMILES string of the molecule is COc1ccccc1CN(C)C(=O)CCN1C(=O)c2ccccc2C1=O. The number of carbonyl (C=O) groups excluding carboxylic acids is 3. The number of rotatable bonds is 6. The molecule has 2 aromatic rings. The van der Waals surface area contributed by atoms with Crippen LogP contribution in [0.2, 0.25) is 0 Å². The Morgan fingerprint density at radius 1 is 1.00 bits per heavy atom. The molecule has 3 rings (SSSR count). The van der Waals surface area contributed by atoms with E-state index in [1.165, 1.54) is 0 Å². The van der Waals surface area contributed by atoms with Gasteiger partial charge in [-0.1, -0.05) is 30.3 Å². The van der Waals surface area contributed by atoms with E-state index < -0.39 is 0 Å². The number of amides is 3. The monoisotopic (exact) mass is 352 g/mol. The van der Waals surface area contributed by atoms with Crippen molar-refractivity contribution in [2.75, 3.05) is 20.7 Å². The van der Waals surface area contributed by atoms with Crippen molar-refractivity contribution < 1.29 is 19.1 Å². The molecule has 0 radical (unpaired) electrons. The number of nitrogens with zero attached hydrogens (tertiary/aromatic N) is 2. The van der Waals surface area contributed by atoms with E-state index >= 15 is 0 Å². The number of benzene rings is 2. The summed E-state index contributed by atoms with van der Waals surface area (Å²) in [4.78, 5) is 39.8. The van der Waals surface area contributed by atoms with Crippen LogP contribution in [0, 0.1) is 0 Å². The van der Waals surface area contributed by atoms with Gasteiger partial charge in [-0.05, 0) is 18.2 Å². The maximum absolute atomic E-state index is 12.4. The molecule has 6 nitrogen and oxygen atoms in total. The van der Waals surface area contributed by atoms with Crippen molar-refractivity contribution in [1.82, 2.24) is 9.80 Å². The van der Waals surface area contributed by atoms with Gasteiger partial charge in [-0.2, -0.15) is 0 Å². The second-order valence-electron chi connectivity index (χ2n) is 6.12. The van der Waals surface area contributed by atoms with Gasteiger partial charge in [-0.25, -0.2) is 0 Å². The molecule has 26 heavy (non-hydrogen) atoms. The summed E-state index contributed by atoms with van der Waals surface area (Å²) in [5.74, 6) is -0.114. The zero-order valence-electron chi connectivity index (χ0n) is 14.8. The molecule has 0 saturated carbocycles. The van der Waals surface area contributed by atoms with Crippen LogP contribution in [0.1, 0.15) is 32.7 Å². The van der Waals surface area contributed by atoms with Crippen molar-refractivity contribution in [3.05, 3.63) is 65.2 Å². The highest BCUT2D eigenvalue weighted by molar-refractivity contribution is 6.21. The van der Waals surface area contributed by atoms with Crippen molar-refractivity contribution in [1.29, 1.82) is 0 Å². The smallest absolute Gasteiger partial charge is 0.261 e. The maximum Gasteiger partial charge on any atom is 0.261 e. The van der Waals surface area contributed by atoms with Gasteiger partial charge >= 0.3 is 0 Å². The van der Waals surface area contributed by atoms with Gasteiger partial charge < -0.3 is 9.64 Å². The Morgan fingerprint density at radius 3 is 2.19 bits per heavy atom. The summed E-state index contributed by atoms with van der Waals surface area (Å²) in [5, 5.41) is 0. The van der Waals surface area contributed by atoms with Crippen LogP contribution < -0.4 is 4.74 Å². The lowest BCUT2D eigenvalue weighted by molar-refractivity contribution is -0.130. The molecule has 0 unspecified atom stereocenters. The third kappa shape index (κ3) is 3.31. The summed E-state index contributed by atoms with van der Waals surface area (Å²) in [7, 11) is 3.28. The topological polar surface area (TPSA) is 66.9 Å². The quantitative estimate of drug-likeness (QED) is 0.749. The number of hydrogen-bond acceptors (Lipinski definition) is 4. The molecule has 0 bridgehead atoms. The largest absolute Gasteiger partial charge is 0.496 e. The average molecular weight is 352 g/mol. The van der Waals surface area contributed by atoms with Crippen molar-refractivity contribution in [2.45, 2.75) is 13.0 Å². The third-order valence-corrected chi connectivity index (χ3v) is 4.45. The van der Waals surface area contributed by atoms with E-state index in [-0.39, 0.29) is 30.7 Å². The van der Waals surface area contributed by atoms with Gasteiger partial charge in [0, 0.05) is 32.1 Å². The Balaban J connectivity index is 1.61. The van der Waals surface area contributed by atoms with Crippen LogP contribution in [-0.2, 0) is 11.3 Å². The fourth-order valence-electron chi connectivity index (χ4n) is 3.02. The van der Waals surface area contributed by atoms with Crippen LogP contribution in [0.25, 0.3) is 0 Å². The normalized spacial score (nSPS) is 12.9. The molecule has 6 heteroatoms. The Labute approximate surface area is 152 Å². The van der Waals surface area contributed by atoms with Gasteiger partial charge in [0.1, 0.15) is 5.75 Å². The number of hydrogen-bond donors (Lipinski definition) is 0. The van der Waals surface area contributed by atoms with E-state index in [1.807, 2.05) is 24.3 Å². The summed E-state index contributed by atoms with van der Waals surface area (Å²) >= 11 is 0. The summed E-state index contributed by atoms with van der Waals surface area (Å²) in [6, 6.07) is 14.2. The molecule has 1 heterocycles.